The van der Waals surface area contributed by atoms with Crippen molar-refractivity contribution in [2.75, 3.05) is 0 Å². The molecule has 1 aliphatic rings. The first-order valence-electron chi connectivity index (χ1n) is 7.40. The van der Waals surface area contributed by atoms with E-state index in [4.69, 9.17) is 0 Å². The number of aromatic amines is 1. The van der Waals surface area contributed by atoms with E-state index in [0.717, 1.165) is 42.7 Å². The van der Waals surface area contributed by atoms with Gasteiger partial charge in [-0.05, 0) is 26.7 Å². The number of rotatable bonds is 4. The van der Waals surface area contributed by atoms with E-state index in [2.05, 4.69) is 37.0 Å². The highest BCUT2D eigenvalue weighted by Gasteiger charge is 2.18. The predicted octanol–water partition coefficient (Wildman–Crippen LogP) is 1.89. The summed E-state index contributed by atoms with van der Waals surface area (Å²) in [7, 11) is 0. The Hall–Kier alpha value is -1.69. The summed E-state index contributed by atoms with van der Waals surface area (Å²) >= 11 is 0. The number of hydrogen-bond acceptors (Lipinski definition) is 4. The summed E-state index contributed by atoms with van der Waals surface area (Å²) < 4.78 is 2.29. The molecule has 0 amide bonds. The highest BCUT2D eigenvalue weighted by Crippen LogP contribution is 2.18. The van der Waals surface area contributed by atoms with Gasteiger partial charge in [0.1, 0.15) is 17.5 Å². The lowest BCUT2D eigenvalue weighted by atomic mass is 10.2. The van der Waals surface area contributed by atoms with Gasteiger partial charge in [0.25, 0.3) is 0 Å². The second-order valence-electron chi connectivity index (χ2n) is 5.53. The molecule has 0 bridgehead atoms. The minimum absolute atomic E-state index is 0.193. The van der Waals surface area contributed by atoms with Gasteiger partial charge in [-0.3, -0.25) is 0 Å². The fourth-order valence-electron chi connectivity index (χ4n) is 2.74. The molecular formula is C14H22N6. The first-order chi connectivity index (χ1) is 9.74. The Morgan fingerprint density at radius 2 is 2.25 bits per heavy atom. The van der Waals surface area contributed by atoms with Crippen molar-refractivity contribution in [3.05, 3.63) is 29.4 Å². The van der Waals surface area contributed by atoms with Gasteiger partial charge in [0, 0.05) is 31.4 Å². The van der Waals surface area contributed by atoms with Crippen LogP contribution in [0.15, 0.2) is 6.20 Å². The first kappa shape index (κ1) is 13.3. The van der Waals surface area contributed by atoms with Gasteiger partial charge < -0.3 is 14.9 Å². The lowest BCUT2D eigenvalue weighted by Gasteiger charge is -2.14. The summed E-state index contributed by atoms with van der Waals surface area (Å²) in [5.41, 5.74) is 1.10. The Morgan fingerprint density at radius 3 is 3.05 bits per heavy atom. The zero-order valence-corrected chi connectivity index (χ0v) is 12.2. The highest BCUT2D eigenvalue weighted by atomic mass is 15.3. The topological polar surface area (TPSA) is 71.4 Å². The van der Waals surface area contributed by atoms with Gasteiger partial charge in [0.2, 0.25) is 0 Å². The molecule has 108 valence electrons. The molecule has 2 N–H and O–H groups in total. The Labute approximate surface area is 119 Å². The molecule has 0 saturated carbocycles. The molecule has 0 radical (unpaired) electrons. The molecule has 0 aromatic carbocycles. The molecule has 0 saturated heterocycles. The minimum atomic E-state index is 0.193. The quantitative estimate of drug-likeness (QED) is 0.893. The van der Waals surface area contributed by atoms with Crippen LogP contribution >= 0.6 is 0 Å². The molecule has 20 heavy (non-hydrogen) atoms. The second kappa shape index (κ2) is 5.75. The van der Waals surface area contributed by atoms with E-state index in [1.165, 1.54) is 19.3 Å². The monoisotopic (exact) mass is 274 g/mol. The number of imidazole rings is 1. The van der Waals surface area contributed by atoms with Crippen molar-refractivity contribution in [1.29, 1.82) is 0 Å². The molecule has 3 heterocycles. The Balaban J connectivity index is 1.68. The van der Waals surface area contributed by atoms with Crippen molar-refractivity contribution in [3.8, 4) is 0 Å². The molecule has 3 rings (SSSR count). The summed E-state index contributed by atoms with van der Waals surface area (Å²) in [5.74, 6) is 3.15. The standard InChI is InChI=1S/C14H22N6/c1-10(15-8-12-9-16-11(2)17-12)14-19-18-13-6-4-3-5-7-20(13)14/h9-10,15H,3-8H2,1-2H3,(H,16,17). The van der Waals surface area contributed by atoms with Crippen LogP contribution in [0, 0.1) is 6.92 Å². The van der Waals surface area contributed by atoms with Crippen molar-refractivity contribution in [3.63, 3.8) is 0 Å². The zero-order chi connectivity index (χ0) is 13.9. The summed E-state index contributed by atoms with van der Waals surface area (Å²) in [6.45, 7) is 5.92. The zero-order valence-electron chi connectivity index (χ0n) is 12.2. The van der Waals surface area contributed by atoms with Crippen LogP contribution in [0.5, 0.6) is 0 Å². The average molecular weight is 274 g/mol. The maximum atomic E-state index is 4.38. The lowest BCUT2D eigenvalue weighted by Crippen LogP contribution is -2.22. The number of nitrogens with one attached hydrogen (secondary N) is 2. The number of aromatic nitrogens is 5. The molecule has 6 heteroatoms. The third-order valence-corrected chi connectivity index (χ3v) is 3.88. The van der Waals surface area contributed by atoms with E-state index in [1.807, 2.05) is 13.1 Å². The second-order valence-corrected chi connectivity index (χ2v) is 5.53. The van der Waals surface area contributed by atoms with Gasteiger partial charge in [-0.25, -0.2) is 4.98 Å². The molecule has 1 aliphatic heterocycles. The summed E-state index contributed by atoms with van der Waals surface area (Å²) in [4.78, 5) is 7.44. The smallest absolute Gasteiger partial charge is 0.149 e. The van der Waals surface area contributed by atoms with Gasteiger partial charge in [-0.2, -0.15) is 0 Å². The molecule has 2 aromatic rings. The van der Waals surface area contributed by atoms with Crippen molar-refractivity contribution in [1.82, 2.24) is 30.0 Å². The van der Waals surface area contributed by atoms with E-state index in [-0.39, 0.29) is 6.04 Å². The van der Waals surface area contributed by atoms with Crippen LogP contribution in [-0.4, -0.2) is 24.7 Å². The molecule has 0 aliphatic carbocycles. The molecule has 0 spiro atoms. The molecule has 6 nitrogen and oxygen atoms in total. The highest BCUT2D eigenvalue weighted by molar-refractivity contribution is 5.04. The normalized spacial score (nSPS) is 16.7. The first-order valence-corrected chi connectivity index (χ1v) is 7.40. The molecule has 1 atom stereocenters. The number of nitrogens with zero attached hydrogens (tertiary/aromatic N) is 4. The number of fused-ring (bicyclic) bond motifs is 1. The average Bonchev–Trinajstić information content (AvgIpc) is 2.96. The Kier molecular flexibility index (Phi) is 3.82. The molecule has 2 aromatic heterocycles. The third-order valence-electron chi connectivity index (χ3n) is 3.88. The van der Waals surface area contributed by atoms with Crippen molar-refractivity contribution >= 4 is 0 Å². The Bertz CT molecular complexity index is 570. The van der Waals surface area contributed by atoms with E-state index >= 15 is 0 Å². The fourth-order valence-corrected chi connectivity index (χ4v) is 2.74. The number of hydrogen-bond donors (Lipinski definition) is 2. The van der Waals surface area contributed by atoms with Gasteiger partial charge in [0.15, 0.2) is 0 Å². The Morgan fingerprint density at radius 1 is 1.35 bits per heavy atom. The van der Waals surface area contributed by atoms with Crippen molar-refractivity contribution in [2.45, 2.75) is 58.7 Å². The van der Waals surface area contributed by atoms with E-state index in [0.29, 0.717) is 0 Å². The SMILES string of the molecule is Cc1ncc(CNC(C)c2nnc3n2CCCCC3)[nH]1. The van der Waals surface area contributed by atoms with Crippen LogP contribution in [-0.2, 0) is 19.5 Å². The maximum absolute atomic E-state index is 4.38. The van der Waals surface area contributed by atoms with Crippen LogP contribution in [0.4, 0.5) is 0 Å². The van der Waals surface area contributed by atoms with Gasteiger partial charge in [-0.1, -0.05) is 6.42 Å². The van der Waals surface area contributed by atoms with Gasteiger partial charge in [0.05, 0.1) is 6.04 Å². The van der Waals surface area contributed by atoms with Gasteiger partial charge in [-0.15, -0.1) is 10.2 Å². The maximum Gasteiger partial charge on any atom is 0.149 e. The van der Waals surface area contributed by atoms with Crippen LogP contribution in [0.25, 0.3) is 0 Å². The minimum Gasteiger partial charge on any atom is -0.345 e. The lowest BCUT2D eigenvalue weighted by molar-refractivity contribution is 0.499. The molecule has 0 fully saturated rings. The van der Waals surface area contributed by atoms with Crippen LogP contribution in [0.1, 0.15) is 55.4 Å². The number of H-pyrrole nitrogens is 1. The van der Waals surface area contributed by atoms with E-state index < -0.39 is 0 Å². The number of aryl methyl sites for hydroxylation is 2. The summed E-state index contributed by atoms with van der Waals surface area (Å²) in [6.07, 6.45) is 6.68. The van der Waals surface area contributed by atoms with Crippen LogP contribution in [0.2, 0.25) is 0 Å². The van der Waals surface area contributed by atoms with Gasteiger partial charge >= 0.3 is 0 Å². The predicted molar refractivity (Wildman–Crippen MR) is 76.2 cm³/mol. The van der Waals surface area contributed by atoms with Crippen molar-refractivity contribution < 1.29 is 0 Å². The summed E-state index contributed by atoms with van der Waals surface area (Å²) in [6, 6.07) is 0.193. The fraction of sp³-hybridized carbons (Fsp3) is 0.643. The third kappa shape index (κ3) is 2.75. The van der Waals surface area contributed by atoms with E-state index in [1.54, 1.807) is 0 Å². The molecule has 1 unspecified atom stereocenters. The van der Waals surface area contributed by atoms with Crippen LogP contribution in [0.3, 0.4) is 0 Å². The van der Waals surface area contributed by atoms with Crippen molar-refractivity contribution in [2.24, 2.45) is 0 Å². The largest absolute Gasteiger partial charge is 0.345 e. The van der Waals surface area contributed by atoms with Crippen LogP contribution < -0.4 is 5.32 Å². The molecular weight excluding hydrogens is 252 g/mol. The summed E-state index contributed by atoms with van der Waals surface area (Å²) in [5, 5.41) is 12.2. The van der Waals surface area contributed by atoms with E-state index in [9.17, 15) is 0 Å².